The number of rotatable bonds is 5. The molecule has 0 saturated carbocycles. The third-order valence-corrected chi connectivity index (χ3v) is 3.85. The average Bonchev–Trinajstić information content (AvgIpc) is 2.46. The van der Waals surface area contributed by atoms with E-state index in [1.807, 2.05) is 19.0 Å². The lowest BCUT2D eigenvalue weighted by atomic mass is 10.1. The summed E-state index contributed by atoms with van der Waals surface area (Å²) in [6.45, 7) is 3.20. The van der Waals surface area contributed by atoms with Crippen LogP contribution in [0.4, 0.5) is 13.2 Å². The fraction of sp³-hybridized carbons (Fsp3) is 0.625. The number of morpholine rings is 1. The van der Waals surface area contributed by atoms with Crippen molar-refractivity contribution in [3.8, 4) is 0 Å². The van der Waals surface area contributed by atoms with E-state index in [2.05, 4.69) is 4.90 Å². The molecule has 0 radical (unpaired) electrons. The summed E-state index contributed by atoms with van der Waals surface area (Å²) >= 11 is 0. The molecule has 1 N–H and O–H groups in total. The molecule has 1 aromatic carbocycles. The van der Waals surface area contributed by atoms with Gasteiger partial charge in [0.05, 0.1) is 24.4 Å². The molecule has 0 bridgehead atoms. The fourth-order valence-electron chi connectivity index (χ4n) is 2.71. The van der Waals surface area contributed by atoms with E-state index in [0.717, 1.165) is 18.7 Å². The van der Waals surface area contributed by atoms with E-state index in [4.69, 9.17) is 4.74 Å². The van der Waals surface area contributed by atoms with Gasteiger partial charge in [0, 0.05) is 26.2 Å². The van der Waals surface area contributed by atoms with Gasteiger partial charge in [-0.15, -0.1) is 0 Å². The number of β-amino-alcohol motifs (C(OH)–C–C–N with tert-alkyl or cyclic N) is 1. The van der Waals surface area contributed by atoms with Crippen molar-refractivity contribution >= 4 is 0 Å². The van der Waals surface area contributed by atoms with Gasteiger partial charge in [0.2, 0.25) is 0 Å². The summed E-state index contributed by atoms with van der Waals surface area (Å²) in [5.41, 5.74) is -0.209. The molecule has 130 valence electrons. The first-order chi connectivity index (χ1) is 10.8. The molecule has 0 aliphatic carbocycles. The number of likely N-dealkylation sites (N-methyl/N-ethyl adjacent to an activating group) is 1. The van der Waals surface area contributed by atoms with Crippen molar-refractivity contribution in [2.45, 2.75) is 18.4 Å². The number of nitrogens with zero attached hydrogens (tertiary/aromatic N) is 2. The summed E-state index contributed by atoms with van der Waals surface area (Å²) in [7, 11) is 3.94. The fourth-order valence-corrected chi connectivity index (χ4v) is 2.71. The minimum atomic E-state index is -4.35. The normalized spacial score (nSPS) is 21.6. The Kier molecular flexibility index (Phi) is 6.02. The van der Waals surface area contributed by atoms with Crippen molar-refractivity contribution < 1.29 is 23.0 Å². The molecule has 7 heteroatoms. The van der Waals surface area contributed by atoms with E-state index in [1.54, 1.807) is 0 Å². The average molecular weight is 332 g/mol. The lowest BCUT2D eigenvalue weighted by molar-refractivity contribution is -0.137. The molecule has 2 atom stereocenters. The third-order valence-electron chi connectivity index (χ3n) is 3.85. The lowest BCUT2D eigenvalue weighted by Crippen LogP contribution is -2.47. The van der Waals surface area contributed by atoms with Crippen LogP contribution in [0.3, 0.4) is 0 Å². The van der Waals surface area contributed by atoms with Crippen LogP contribution in [0.1, 0.15) is 17.2 Å². The summed E-state index contributed by atoms with van der Waals surface area (Å²) in [6, 6.07) is 4.69. The molecule has 1 aromatic rings. The Bertz CT molecular complexity index is 491. The smallest absolute Gasteiger partial charge is 0.387 e. The Labute approximate surface area is 134 Å². The number of aliphatic hydroxyl groups is 1. The monoisotopic (exact) mass is 332 g/mol. The Morgan fingerprint density at radius 1 is 1.30 bits per heavy atom. The van der Waals surface area contributed by atoms with E-state index >= 15 is 0 Å². The van der Waals surface area contributed by atoms with Gasteiger partial charge in [-0.2, -0.15) is 13.2 Å². The van der Waals surface area contributed by atoms with Crippen molar-refractivity contribution in [2.75, 3.05) is 46.9 Å². The van der Waals surface area contributed by atoms with E-state index in [-0.39, 0.29) is 6.10 Å². The van der Waals surface area contributed by atoms with Gasteiger partial charge < -0.3 is 14.7 Å². The Morgan fingerprint density at radius 3 is 2.52 bits per heavy atom. The maximum atomic E-state index is 12.6. The van der Waals surface area contributed by atoms with Crippen LogP contribution in [0.2, 0.25) is 0 Å². The van der Waals surface area contributed by atoms with Gasteiger partial charge in [-0.3, -0.25) is 4.90 Å². The molecule has 0 aromatic heterocycles. The second kappa shape index (κ2) is 7.61. The highest BCUT2D eigenvalue weighted by molar-refractivity contribution is 5.26. The van der Waals surface area contributed by atoms with Crippen molar-refractivity contribution in [1.29, 1.82) is 0 Å². The molecule has 2 rings (SSSR count). The highest BCUT2D eigenvalue weighted by Crippen LogP contribution is 2.30. The molecule has 1 heterocycles. The predicted molar refractivity (Wildman–Crippen MR) is 81.1 cm³/mol. The molecule has 23 heavy (non-hydrogen) atoms. The Balaban J connectivity index is 1.92. The van der Waals surface area contributed by atoms with E-state index in [0.29, 0.717) is 31.8 Å². The van der Waals surface area contributed by atoms with Gasteiger partial charge in [0.25, 0.3) is 0 Å². The molecule has 0 spiro atoms. The first-order valence-electron chi connectivity index (χ1n) is 7.59. The number of hydrogen-bond acceptors (Lipinski definition) is 4. The molecule has 1 aliphatic heterocycles. The topological polar surface area (TPSA) is 35.9 Å². The summed E-state index contributed by atoms with van der Waals surface area (Å²) < 4.78 is 43.3. The molecule has 0 amide bonds. The molecular weight excluding hydrogens is 309 g/mol. The van der Waals surface area contributed by atoms with Gasteiger partial charge in [-0.05, 0) is 31.8 Å². The van der Waals surface area contributed by atoms with Crippen LogP contribution in [0, 0.1) is 0 Å². The second-order valence-electron chi connectivity index (χ2n) is 6.15. The van der Waals surface area contributed by atoms with Crippen LogP contribution < -0.4 is 0 Å². The summed E-state index contributed by atoms with van der Waals surface area (Å²) in [4.78, 5) is 4.13. The van der Waals surface area contributed by atoms with E-state index in [9.17, 15) is 18.3 Å². The van der Waals surface area contributed by atoms with Gasteiger partial charge in [0.1, 0.15) is 0 Å². The highest BCUT2D eigenvalue weighted by Gasteiger charge is 2.30. The summed E-state index contributed by atoms with van der Waals surface area (Å²) in [5, 5.41) is 10.3. The highest BCUT2D eigenvalue weighted by atomic mass is 19.4. The third kappa shape index (κ3) is 5.46. The largest absolute Gasteiger partial charge is 0.416 e. The molecular formula is C16H23F3N2O2. The minimum Gasteiger partial charge on any atom is -0.387 e. The molecule has 1 saturated heterocycles. The van der Waals surface area contributed by atoms with Crippen LogP contribution in [0.25, 0.3) is 0 Å². The van der Waals surface area contributed by atoms with Gasteiger partial charge in [-0.25, -0.2) is 0 Å². The first-order valence-corrected chi connectivity index (χ1v) is 7.59. The molecule has 0 unspecified atom stereocenters. The number of hydrogen-bond donors (Lipinski definition) is 1. The molecule has 1 aliphatic rings. The van der Waals surface area contributed by atoms with Gasteiger partial charge in [0.15, 0.2) is 0 Å². The second-order valence-corrected chi connectivity index (χ2v) is 6.15. The maximum absolute atomic E-state index is 12.6. The predicted octanol–water partition coefficient (Wildman–Crippen LogP) is 2.00. The minimum absolute atomic E-state index is 0.0820. The lowest BCUT2D eigenvalue weighted by Gasteiger charge is -2.35. The standard InChI is InChI=1S/C16H23F3N2O2/c1-20(2)9-14-10-21(7-8-23-14)11-15(22)12-3-5-13(6-4-12)16(17,18)19/h3-6,14-15,22H,7-11H2,1-2H3/t14-,15-/m1/s1. The zero-order chi connectivity index (χ0) is 17.0. The summed E-state index contributed by atoms with van der Waals surface area (Å²) in [6.07, 6.45) is -5.08. The number of aliphatic hydroxyl groups excluding tert-OH is 1. The van der Waals surface area contributed by atoms with Crippen LogP contribution in [0.5, 0.6) is 0 Å². The van der Waals surface area contributed by atoms with Crippen molar-refractivity contribution in [3.05, 3.63) is 35.4 Å². The Hall–Kier alpha value is -1.15. The maximum Gasteiger partial charge on any atom is 0.416 e. The summed E-state index contributed by atoms with van der Waals surface area (Å²) in [5.74, 6) is 0. The van der Waals surface area contributed by atoms with Crippen LogP contribution in [-0.4, -0.2) is 67.9 Å². The van der Waals surface area contributed by atoms with Crippen LogP contribution >= 0.6 is 0 Å². The van der Waals surface area contributed by atoms with E-state index in [1.165, 1.54) is 12.1 Å². The quantitative estimate of drug-likeness (QED) is 0.895. The molecule has 4 nitrogen and oxygen atoms in total. The zero-order valence-corrected chi connectivity index (χ0v) is 13.4. The van der Waals surface area contributed by atoms with Crippen molar-refractivity contribution in [3.63, 3.8) is 0 Å². The number of ether oxygens (including phenoxy) is 1. The van der Waals surface area contributed by atoms with Crippen molar-refractivity contribution in [1.82, 2.24) is 9.80 Å². The van der Waals surface area contributed by atoms with E-state index < -0.39 is 17.8 Å². The van der Waals surface area contributed by atoms with Crippen molar-refractivity contribution in [2.24, 2.45) is 0 Å². The van der Waals surface area contributed by atoms with Crippen LogP contribution in [0.15, 0.2) is 24.3 Å². The number of alkyl halides is 3. The first kappa shape index (κ1) is 18.2. The van der Waals surface area contributed by atoms with Gasteiger partial charge in [-0.1, -0.05) is 12.1 Å². The molecule has 1 fully saturated rings. The zero-order valence-electron chi connectivity index (χ0n) is 13.4. The SMILES string of the molecule is CN(C)C[C@@H]1CN(C[C@@H](O)c2ccc(C(F)(F)F)cc2)CCO1. The number of benzene rings is 1. The Morgan fingerprint density at radius 2 is 1.96 bits per heavy atom. The van der Waals surface area contributed by atoms with Gasteiger partial charge >= 0.3 is 6.18 Å². The number of halogens is 3. The van der Waals surface area contributed by atoms with Crippen LogP contribution in [-0.2, 0) is 10.9 Å².